The van der Waals surface area contributed by atoms with Crippen LogP contribution >= 0.6 is 12.2 Å². The van der Waals surface area contributed by atoms with E-state index >= 15 is 0 Å². The minimum Gasteiger partial charge on any atom is -0.486 e. The summed E-state index contributed by atoms with van der Waals surface area (Å²) in [6.07, 6.45) is 4.56. The molecule has 8 heteroatoms. The fraction of sp³-hybridized carbons (Fsp3) is 0.478. The summed E-state index contributed by atoms with van der Waals surface area (Å²) in [5, 5.41) is 7.31. The quantitative estimate of drug-likeness (QED) is 0.534. The van der Waals surface area contributed by atoms with E-state index in [2.05, 4.69) is 27.2 Å². The van der Waals surface area contributed by atoms with Gasteiger partial charge in [-0.1, -0.05) is 6.07 Å². The maximum atomic E-state index is 6.03. The molecule has 0 radical (unpaired) electrons. The van der Waals surface area contributed by atoms with Crippen molar-refractivity contribution < 1.29 is 13.9 Å². The van der Waals surface area contributed by atoms with Crippen molar-refractivity contribution in [2.75, 3.05) is 32.8 Å². The number of hydrogen-bond acceptors (Lipinski definition) is 6. The van der Waals surface area contributed by atoms with Crippen molar-refractivity contribution in [2.24, 2.45) is 0 Å². The average molecular weight is 441 g/mol. The second kappa shape index (κ2) is 9.38. The van der Waals surface area contributed by atoms with Gasteiger partial charge in [-0.3, -0.25) is 14.6 Å². The predicted octanol–water partition coefficient (Wildman–Crippen LogP) is 3.99. The summed E-state index contributed by atoms with van der Waals surface area (Å²) in [5.41, 5.74) is 2.86. The van der Waals surface area contributed by atoms with Crippen LogP contribution in [0.1, 0.15) is 29.7 Å². The Kier molecular flexibility index (Phi) is 6.20. The number of benzene rings is 1. The Balaban J connectivity index is 1.21. The molecule has 1 fully saturated rings. The Morgan fingerprint density at radius 1 is 1.06 bits per heavy atom. The lowest BCUT2D eigenvalue weighted by Crippen LogP contribution is -2.37. The summed E-state index contributed by atoms with van der Waals surface area (Å²) >= 11 is 5.45. The molecule has 1 aliphatic carbocycles. The predicted molar refractivity (Wildman–Crippen MR) is 120 cm³/mol. The molecule has 1 saturated heterocycles. The smallest absolute Gasteiger partial charge is 0.198 e. The first kappa shape index (κ1) is 20.5. The molecule has 0 saturated carbocycles. The summed E-state index contributed by atoms with van der Waals surface area (Å²) < 4.78 is 20.0. The minimum absolute atomic E-state index is 0.390. The maximum absolute atomic E-state index is 6.03. The standard InChI is InChI=1S/C23H28N4O3S/c31-23-25-24-22(27(23)10-2-9-26-11-13-28-14-12-26)21-8-7-20(30-21)16-29-19-6-5-17-3-1-4-18(17)15-19/h5-8,15H,1-4,9-14,16H2,(H,25,31). The van der Waals surface area contributed by atoms with Crippen LogP contribution < -0.4 is 4.74 Å². The molecule has 164 valence electrons. The van der Waals surface area contributed by atoms with Gasteiger partial charge in [0.05, 0.1) is 13.2 Å². The molecule has 2 aromatic heterocycles. The number of fused-ring (bicyclic) bond motifs is 1. The van der Waals surface area contributed by atoms with E-state index in [-0.39, 0.29) is 0 Å². The van der Waals surface area contributed by atoms with Crippen LogP contribution in [0, 0.1) is 4.77 Å². The molecule has 0 amide bonds. The molecule has 3 heterocycles. The first-order valence-corrected chi connectivity index (χ1v) is 11.5. The van der Waals surface area contributed by atoms with Crippen molar-refractivity contribution in [1.29, 1.82) is 0 Å². The van der Waals surface area contributed by atoms with Crippen LogP contribution in [0.15, 0.2) is 34.7 Å². The van der Waals surface area contributed by atoms with Crippen LogP contribution in [0.4, 0.5) is 0 Å². The first-order chi connectivity index (χ1) is 15.3. The van der Waals surface area contributed by atoms with Gasteiger partial charge in [0.1, 0.15) is 18.1 Å². The largest absolute Gasteiger partial charge is 0.486 e. The highest BCUT2D eigenvalue weighted by Gasteiger charge is 2.16. The number of aromatic nitrogens is 3. The summed E-state index contributed by atoms with van der Waals surface area (Å²) in [7, 11) is 0. The van der Waals surface area contributed by atoms with Crippen molar-refractivity contribution in [2.45, 2.75) is 38.8 Å². The van der Waals surface area contributed by atoms with Gasteiger partial charge in [0.25, 0.3) is 0 Å². The number of H-pyrrole nitrogens is 1. The van der Waals surface area contributed by atoms with Crippen LogP contribution in [0.5, 0.6) is 5.75 Å². The lowest BCUT2D eigenvalue weighted by atomic mass is 10.1. The third-order valence-corrected chi connectivity index (χ3v) is 6.36. The molecular weight excluding hydrogens is 412 g/mol. The summed E-state index contributed by atoms with van der Waals surface area (Å²) in [6, 6.07) is 10.3. The van der Waals surface area contributed by atoms with Crippen LogP contribution in [0.2, 0.25) is 0 Å². The summed E-state index contributed by atoms with van der Waals surface area (Å²) in [4.78, 5) is 2.42. The van der Waals surface area contributed by atoms with Crippen molar-refractivity contribution in [3.63, 3.8) is 0 Å². The number of furan rings is 1. The molecule has 7 nitrogen and oxygen atoms in total. The Morgan fingerprint density at radius 3 is 2.84 bits per heavy atom. The maximum Gasteiger partial charge on any atom is 0.198 e. The third-order valence-electron chi connectivity index (χ3n) is 6.05. The molecule has 0 spiro atoms. The fourth-order valence-electron chi connectivity index (χ4n) is 4.36. The molecule has 0 bridgehead atoms. The molecule has 2 aliphatic rings. The molecular formula is C23H28N4O3S. The van der Waals surface area contributed by atoms with E-state index in [0.29, 0.717) is 17.1 Å². The highest BCUT2D eigenvalue weighted by atomic mass is 32.1. The molecule has 1 aliphatic heterocycles. The van der Waals surface area contributed by atoms with Crippen molar-refractivity contribution >= 4 is 12.2 Å². The highest BCUT2D eigenvalue weighted by Crippen LogP contribution is 2.27. The summed E-state index contributed by atoms with van der Waals surface area (Å²) in [5.74, 6) is 3.09. The van der Waals surface area contributed by atoms with Crippen molar-refractivity contribution in [3.8, 4) is 17.3 Å². The van der Waals surface area contributed by atoms with Gasteiger partial charge >= 0.3 is 0 Å². The van der Waals surface area contributed by atoms with Gasteiger partial charge in [0.2, 0.25) is 0 Å². The number of aromatic amines is 1. The Morgan fingerprint density at radius 2 is 1.94 bits per heavy atom. The van der Waals surface area contributed by atoms with Gasteiger partial charge in [-0.15, -0.1) is 0 Å². The monoisotopic (exact) mass is 440 g/mol. The molecule has 3 aromatic rings. The zero-order chi connectivity index (χ0) is 21.0. The number of aryl methyl sites for hydroxylation is 2. The molecule has 1 aromatic carbocycles. The van der Waals surface area contributed by atoms with E-state index in [9.17, 15) is 0 Å². The Hall–Kier alpha value is -2.42. The van der Waals surface area contributed by atoms with E-state index < -0.39 is 0 Å². The Labute approximate surface area is 187 Å². The van der Waals surface area contributed by atoms with Gasteiger partial charge in [0.15, 0.2) is 16.4 Å². The lowest BCUT2D eigenvalue weighted by molar-refractivity contribution is 0.0369. The van der Waals surface area contributed by atoms with Gasteiger partial charge in [-0.2, -0.15) is 5.10 Å². The second-order valence-corrected chi connectivity index (χ2v) is 8.54. The zero-order valence-electron chi connectivity index (χ0n) is 17.6. The molecule has 1 N–H and O–H groups in total. The number of morpholine rings is 1. The normalized spacial score (nSPS) is 16.5. The third kappa shape index (κ3) is 4.76. The van der Waals surface area contributed by atoms with E-state index in [4.69, 9.17) is 26.1 Å². The first-order valence-electron chi connectivity index (χ1n) is 11.1. The number of nitrogens with one attached hydrogen (secondary N) is 1. The molecule has 5 rings (SSSR count). The summed E-state index contributed by atoms with van der Waals surface area (Å²) in [6.45, 7) is 5.83. The molecule has 0 unspecified atom stereocenters. The van der Waals surface area contributed by atoms with E-state index in [1.165, 1.54) is 24.0 Å². The van der Waals surface area contributed by atoms with E-state index in [1.807, 2.05) is 22.8 Å². The number of rotatable bonds is 8. The number of ether oxygens (including phenoxy) is 2. The van der Waals surface area contributed by atoms with Gasteiger partial charge in [0, 0.05) is 26.2 Å². The topological polar surface area (TPSA) is 68.5 Å². The van der Waals surface area contributed by atoms with Gasteiger partial charge in [-0.25, -0.2) is 0 Å². The number of hydrogen-bond donors (Lipinski definition) is 1. The van der Waals surface area contributed by atoms with Crippen LogP contribution in [-0.4, -0.2) is 52.5 Å². The number of nitrogens with zero attached hydrogens (tertiary/aromatic N) is 3. The average Bonchev–Trinajstić information content (AvgIpc) is 3.53. The van der Waals surface area contributed by atoms with Crippen molar-refractivity contribution in [1.82, 2.24) is 19.7 Å². The minimum atomic E-state index is 0.390. The highest BCUT2D eigenvalue weighted by molar-refractivity contribution is 7.71. The van der Waals surface area contributed by atoms with Crippen LogP contribution in [0.25, 0.3) is 11.6 Å². The van der Waals surface area contributed by atoms with E-state index in [0.717, 1.165) is 69.6 Å². The lowest BCUT2D eigenvalue weighted by Gasteiger charge is -2.26. The molecule has 0 atom stereocenters. The second-order valence-electron chi connectivity index (χ2n) is 8.15. The molecule has 31 heavy (non-hydrogen) atoms. The van der Waals surface area contributed by atoms with E-state index in [1.54, 1.807) is 0 Å². The zero-order valence-corrected chi connectivity index (χ0v) is 18.5. The van der Waals surface area contributed by atoms with Crippen LogP contribution in [0.3, 0.4) is 0 Å². The van der Waals surface area contributed by atoms with Crippen molar-refractivity contribution in [3.05, 3.63) is 52.0 Å². The Bertz CT molecular complexity index is 1080. The van der Waals surface area contributed by atoms with Gasteiger partial charge in [-0.05, 0) is 73.3 Å². The SMILES string of the molecule is S=c1[nH]nc(-c2ccc(COc3ccc4c(c3)CCC4)o2)n1CCCN1CCOCC1. The van der Waals surface area contributed by atoms with Gasteiger partial charge < -0.3 is 13.9 Å². The van der Waals surface area contributed by atoms with Crippen LogP contribution in [-0.2, 0) is 30.7 Å². The fourth-order valence-corrected chi connectivity index (χ4v) is 4.58.